The average Bonchev–Trinajstić information content (AvgIpc) is 2.45. The van der Waals surface area contributed by atoms with E-state index in [9.17, 15) is 4.79 Å². The topological polar surface area (TPSA) is 45.2 Å². The molecular formula is C10H17N3OS. The maximum atomic E-state index is 11.2. The normalized spacial score (nSPS) is 10.1. The van der Waals surface area contributed by atoms with Gasteiger partial charge in [-0.05, 0) is 13.8 Å². The van der Waals surface area contributed by atoms with Gasteiger partial charge in [-0.1, -0.05) is 0 Å². The molecule has 84 valence electrons. The predicted molar refractivity (Wildman–Crippen MR) is 62.4 cm³/mol. The molecule has 0 atom stereocenters. The zero-order valence-electron chi connectivity index (χ0n) is 9.63. The highest BCUT2D eigenvalue weighted by Gasteiger charge is 2.06. The van der Waals surface area contributed by atoms with E-state index in [0.29, 0.717) is 6.54 Å². The second-order valence-electron chi connectivity index (χ2n) is 3.62. The summed E-state index contributed by atoms with van der Waals surface area (Å²) in [6, 6.07) is -0.0473. The predicted octanol–water partition coefficient (Wildman–Crippen LogP) is 1.57. The van der Waals surface area contributed by atoms with E-state index in [2.05, 4.69) is 10.3 Å². The Morgan fingerprint density at radius 2 is 2.13 bits per heavy atom. The number of aromatic nitrogens is 1. The Balaban J connectivity index is 2.38. The van der Waals surface area contributed by atoms with E-state index in [1.54, 1.807) is 25.4 Å². The first-order valence-electron chi connectivity index (χ1n) is 4.88. The first-order chi connectivity index (χ1) is 7.00. The number of hydrogen-bond donors (Lipinski definition) is 1. The number of carbonyl (C=O) groups excluding carboxylic acids is 1. The summed E-state index contributed by atoms with van der Waals surface area (Å²) in [5, 5.41) is 3.92. The third-order valence-corrected chi connectivity index (χ3v) is 3.17. The lowest BCUT2D eigenvalue weighted by molar-refractivity contribution is 0.217. The van der Waals surface area contributed by atoms with Gasteiger partial charge in [0.1, 0.15) is 0 Å². The van der Waals surface area contributed by atoms with Gasteiger partial charge in [0.05, 0.1) is 10.7 Å². The minimum atomic E-state index is -0.0473. The van der Waals surface area contributed by atoms with Crippen LogP contribution >= 0.6 is 11.3 Å². The maximum absolute atomic E-state index is 11.2. The van der Waals surface area contributed by atoms with Crippen molar-refractivity contribution in [1.82, 2.24) is 15.2 Å². The molecule has 0 fully saturated rings. The van der Waals surface area contributed by atoms with Crippen molar-refractivity contribution < 1.29 is 4.79 Å². The lowest BCUT2D eigenvalue weighted by atomic mass is 10.3. The number of carbonyl (C=O) groups is 1. The van der Waals surface area contributed by atoms with Crippen LogP contribution < -0.4 is 5.32 Å². The highest BCUT2D eigenvalue weighted by molar-refractivity contribution is 7.11. The van der Waals surface area contributed by atoms with E-state index in [4.69, 9.17) is 0 Å². The fraction of sp³-hybridized carbons (Fsp3) is 0.600. The summed E-state index contributed by atoms with van der Waals surface area (Å²) in [4.78, 5) is 18.4. The third-order valence-electron chi connectivity index (χ3n) is 2.03. The number of amides is 2. The standard InChI is InChI=1S/C10H17N3OS/c1-7-9(15-8(2)12-7)5-6-11-10(14)13(3)4/h5-6H2,1-4H3,(H,11,14). The van der Waals surface area contributed by atoms with Crippen LogP contribution in [0.2, 0.25) is 0 Å². The smallest absolute Gasteiger partial charge is 0.316 e. The molecule has 15 heavy (non-hydrogen) atoms. The molecule has 1 heterocycles. The summed E-state index contributed by atoms with van der Waals surface area (Å²) in [5.74, 6) is 0. The first kappa shape index (κ1) is 12.0. The van der Waals surface area contributed by atoms with E-state index in [1.807, 2.05) is 13.8 Å². The molecule has 1 aromatic rings. The van der Waals surface area contributed by atoms with E-state index in [-0.39, 0.29) is 6.03 Å². The molecular weight excluding hydrogens is 210 g/mol. The Hall–Kier alpha value is -1.10. The highest BCUT2D eigenvalue weighted by atomic mass is 32.1. The van der Waals surface area contributed by atoms with Gasteiger partial charge in [0.15, 0.2) is 0 Å². The molecule has 5 heteroatoms. The van der Waals surface area contributed by atoms with Gasteiger partial charge in [-0.25, -0.2) is 9.78 Å². The van der Waals surface area contributed by atoms with Gasteiger partial charge >= 0.3 is 6.03 Å². The molecule has 0 aliphatic rings. The molecule has 0 spiro atoms. The van der Waals surface area contributed by atoms with Crippen LogP contribution in [0.3, 0.4) is 0 Å². The summed E-state index contributed by atoms with van der Waals surface area (Å²) in [5.41, 5.74) is 1.08. The Bertz CT molecular complexity index is 346. The molecule has 0 bridgehead atoms. The number of hydrogen-bond acceptors (Lipinski definition) is 3. The number of nitrogens with one attached hydrogen (secondary N) is 1. The number of thiazole rings is 1. The molecule has 0 radical (unpaired) electrons. The lowest BCUT2D eigenvalue weighted by Gasteiger charge is -2.11. The summed E-state index contributed by atoms with van der Waals surface area (Å²) in [6.07, 6.45) is 0.858. The van der Waals surface area contributed by atoms with E-state index in [0.717, 1.165) is 17.1 Å². The van der Waals surface area contributed by atoms with Crippen molar-refractivity contribution in [2.24, 2.45) is 0 Å². The second kappa shape index (κ2) is 5.11. The molecule has 4 nitrogen and oxygen atoms in total. The van der Waals surface area contributed by atoms with E-state index >= 15 is 0 Å². The summed E-state index contributed by atoms with van der Waals surface area (Å²) >= 11 is 1.70. The van der Waals surface area contributed by atoms with Crippen molar-refractivity contribution in [3.63, 3.8) is 0 Å². The molecule has 1 rings (SSSR count). The molecule has 0 saturated carbocycles. The third kappa shape index (κ3) is 3.51. The number of aryl methyl sites for hydroxylation is 2. The van der Waals surface area contributed by atoms with Gasteiger partial charge in [-0.3, -0.25) is 0 Å². The van der Waals surface area contributed by atoms with Crippen LogP contribution in [0.25, 0.3) is 0 Å². The summed E-state index contributed by atoms with van der Waals surface area (Å²) < 4.78 is 0. The second-order valence-corrected chi connectivity index (χ2v) is 4.91. The van der Waals surface area contributed by atoms with Crippen LogP contribution in [0, 0.1) is 13.8 Å². The van der Waals surface area contributed by atoms with Crippen LogP contribution in [0.4, 0.5) is 4.79 Å². The van der Waals surface area contributed by atoms with Crippen molar-refractivity contribution in [2.75, 3.05) is 20.6 Å². The Kier molecular flexibility index (Phi) is 4.08. The van der Waals surface area contributed by atoms with Gasteiger partial charge < -0.3 is 10.2 Å². The lowest BCUT2D eigenvalue weighted by Crippen LogP contribution is -2.35. The van der Waals surface area contributed by atoms with Crippen molar-refractivity contribution in [3.8, 4) is 0 Å². The van der Waals surface area contributed by atoms with Gasteiger partial charge in [0, 0.05) is 31.9 Å². The summed E-state index contributed by atoms with van der Waals surface area (Å²) in [7, 11) is 3.47. The molecule has 1 N–H and O–H groups in total. The molecule has 2 amide bonds. The van der Waals surface area contributed by atoms with Crippen LogP contribution in [-0.4, -0.2) is 36.6 Å². The van der Waals surface area contributed by atoms with Crippen LogP contribution in [0.1, 0.15) is 15.6 Å². The quantitative estimate of drug-likeness (QED) is 0.852. The van der Waals surface area contributed by atoms with Crippen molar-refractivity contribution in [2.45, 2.75) is 20.3 Å². The Labute approximate surface area is 94.3 Å². The number of urea groups is 1. The fourth-order valence-electron chi connectivity index (χ4n) is 1.25. The molecule has 0 aromatic carbocycles. The minimum absolute atomic E-state index is 0.0473. The monoisotopic (exact) mass is 227 g/mol. The molecule has 0 aliphatic carbocycles. The molecule has 1 aromatic heterocycles. The molecule has 0 unspecified atom stereocenters. The van der Waals surface area contributed by atoms with Crippen molar-refractivity contribution in [1.29, 1.82) is 0 Å². The summed E-state index contributed by atoms with van der Waals surface area (Å²) in [6.45, 7) is 4.67. The highest BCUT2D eigenvalue weighted by Crippen LogP contribution is 2.16. The van der Waals surface area contributed by atoms with Crippen LogP contribution in [0.5, 0.6) is 0 Å². The number of nitrogens with zero attached hydrogens (tertiary/aromatic N) is 2. The van der Waals surface area contributed by atoms with Crippen LogP contribution in [0.15, 0.2) is 0 Å². The van der Waals surface area contributed by atoms with Gasteiger partial charge in [-0.15, -0.1) is 11.3 Å². The SMILES string of the molecule is Cc1nc(C)c(CCNC(=O)N(C)C)s1. The van der Waals surface area contributed by atoms with Crippen LogP contribution in [-0.2, 0) is 6.42 Å². The van der Waals surface area contributed by atoms with Crippen molar-refractivity contribution >= 4 is 17.4 Å². The van der Waals surface area contributed by atoms with Gasteiger partial charge in [0.2, 0.25) is 0 Å². The Morgan fingerprint density at radius 1 is 1.47 bits per heavy atom. The molecule has 0 saturated heterocycles. The first-order valence-corrected chi connectivity index (χ1v) is 5.70. The zero-order chi connectivity index (χ0) is 11.4. The van der Waals surface area contributed by atoms with E-state index < -0.39 is 0 Å². The maximum Gasteiger partial charge on any atom is 0.316 e. The van der Waals surface area contributed by atoms with Gasteiger partial charge in [0.25, 0.3) is 0 Å². The van der Waals surface area contributed by atoms with Gasteiger partial charge in [-0.2, -0.15) is 0 Å². The average molecular weight is 227 g/mol. The molecule has 0 aliphatic heterocycles. The number of rotatable bonds is 3. The Morgan fingerprint density at radius 3 is 2.60 bits per heavy atom. The minimum Gasteiger partial charge on any atom is -0.338 e. The largest absolute Gasteiger partial charge is 0.338 e. The van der Waals surface area contributed by atoms with Crippen molar-refractivity contribution in [3.05, 3.63) is 15.6 Å². The fourth-order valence-corrected chi connectivity index (χ4v) is 2.18. The van der Waals surface area contributed by atoms with E-state index in [1.165, 1.54) is 9.78 Å². The zero-order valence-corrected chi connectivity index (χ0v) is 10.4.